The van der Waals surface area contributed by atoms with E-state index in [9.17, 15) is 5.11 Å². The second-order valence-corrected chi connectivity index (χ2v) is 5.80. The number of aliphatic hydroxyl groups excluding tert-OH is 1. The van der Waals surface area contributed by atoms with Crippen LogP contribution < -0.4 is 10.1 Å². The van der Waals surface area contributed by atoms with Crippen LogP contribution in [0.4, 0.5) is 0 Å². The smallest absolute Gasteiger partial charge is 0.120 e. The number of rotatable bonds is 7. The molecule has 0 radical (unpaired) electrons. The van der Waals surface area contributed by atoms with Gasteiger partial charge in [-0.2, -0.15) is 0 Å². The zero-order valence-electron chi connectivity index (χ0n) is 10.7. The van der Waals surface area contributed by atoms with Crippen LogP contribution >= 0.6 is 11.6 Å². The monoisotopic (exact) mass is 269 g/mol. The highest BCUT2D eigenvalue weighted by Gasteiger charge is 2.36. The van der Waals surface area contributed by atoms with Crippen molar-refractivity contribution in [3.8, 4) is 5.75 Å². The first-order chi connectivity index (χ1) is 8.57. The normalized spacial score (nSPS) is 18.4. The van der Waals surface area contributed by atoms with E-state index in [0.29, 0.717) is 22.7 Å². The van der Waals surface area contributed by atoms with Gasteiger partial charge in [0.2, 0.25) is 0 Å². The van der Waals surface area contributed by atoms with E-state index >= 15 is 0 Å². The third kappa shape index (κ3) is 4.48. The molecule has 2 rings (SSSR count). The fraction of sp³-hybridized carbons (Fsp3) is 0.571. The summed E-state index contributed by atoms with van der Waals surface area (Å²) >= 11 is 5.85. The van der Waals surface area contributed by atoms with Gasteiger partial charge < -0.3 is 15.2 Å². The third-order valence-electron chi connectivity index (χ3n) is 3.27. The number of ether oxygens (including phenoxy) is 1. The standard InChI is InChI=1S/C14H20ClNO2/c1-14(5-6-14)10-16-8-12(17)9-18-13-4-2-3-11(15)7-13/h2-4,7,12,16-17H,5-6,8-10H2,1H3. The molecule has 0 spiro atoms. The SMILES string of the molecule is CC1(CNCC(O)COc2cccc(Cl)c2)CC1. The molecule has 100 valence electrons. The molecule has 1 atom stereocenters. The molecule has 2 N–H and O–H groups in total. The van der Waals surface area contributed by atoms with Crippen molar-refractivity contribution in [2.45, 2.75) is 25.9 Å². The van der Waals surface area contributed by atoms with Crippen LogP contribution in [0.25, 0.3) is 0 Å². The van der Waals surface area contributed by atoms with Crippen LogP contribution in [0.15, 0.2) is 24.3 Å². The van der Waals surface area contributed by atoms with E-state index < -0.39 is 6.10 Å². The molecule has 0 aromatic heterocycles. The summed E-state index contributed by atoms with van der Waals surface area (Å²) in [7, 11) is 0. The number of nitrogens with one attached hydrogen (secondary N) is 1. The van der Waals surface area contributed by atoms with Crippen LogP contribution in [0.2, 0.25) is 5.02 Å². The Morgan fingerprint density at radius 2 is 2.28 bits per heavy atom. The van der Waals surface area contributed by atoms with Crippen molar-refractivity contribution in [2.24, 2.45) is 5.41 Å². The van der Waals surface area contributed by atoms with Crippen molar-refractivity contribution >= 4 is 11.6 Å². The lowest BCUT2D eigenvalue weighted by atomic mass is 10.1. The Balaban J connectivity index is 1.63. The van der Waals surface area contributed by atoms with Gasteiger partial charge in [0.15, 0.2) is 0 Å². The van der Waals surface area contributed by atoms with Crippen LogP contribution in [0.1, 0.15) is 19.8 Å². The summed E-state index contributed by atoms with van der Waals surface area (Å²) < 4.78 is 5.47. The fourth-order valence-electron chi connectivity index (χ4n) is 1.74. The van der Waals surface area contributed by atoms with Crippen molar-refractivity contribution in [1.29, 1.82) is 0 Å². The number of aliphatic hydroxyl groups is 1. The molecule has 0 bridgehead atoms. The Kier molecular flexibility index (Phi) is 4.49. The largest absolute Gasteiger partial charge is 0.491 e. The number of benzene rings is 1. The minimum absolute atomic E-state index is 0.282. The minimum Gasteiger partial charge on any atom is -0.491 e. The van der Waals surface area contributed by atoms with E-state index in [-0.39, 0.29) is 6.61 Å². The summed E-state index contributed by atoms with van der Waals surface area (Å²) in [5.41, 5.74) is 0.466. The maximum absolute atomic E-state index is 9.78. The molecule has 0 saturated heterocycles. The van der Waals surface area contributed by atoms with Crippen molar-refractivity contribution in [2.75, 3.05) is 19.7 Å². The molecule has 1 fully saturated rings. The maximum Gasteiger partial charge on any atom is 0.120 e. The van der Waals surface area contributed by atoms with Crippen molar-refractivity contribution in [1.82, 2.24) is 5.32 Å². The maximum atomic E-state index is 9.78. The molecule has 1 saturated carbocycles. The molecule has 0 aliphatic heterocycles. The second kappa shape index (κ2) is 5.91. The molecule has 1 aliphatic carbocycles. The highest BCUT2D eigenvalue weighted by molar-refractivity contribution is 6.30. The van der Waals surface area contributed by atoms with Crippen molar-refractivity contribution in [3.63, 3.8) is 0 Å². The van der Waals surface area contributed by atoms with Gasteiger partial charge in [0, 0.05) is 18.1 Å². The van der Waals surface area contributed by atoms with Crippen LogP contribution in [-0.2, 0) is 0 Å². The highest BCUT2D eigenvalue weighted by Crippen LogP contribution is 2.43. The van der Waals surface area contributed by atoms with Gasteiger partial charge in [-0.25, -0.2) is 0 Å². The Bertz CT molecular complexity index is 393. The Hall–Kier alpha value is -0.770. The molecule has 1 aromatic rings. The summed E-state index contributed by atoms with van der Waals surface area (Å²) in [4.78, 5) is 0. The minimum atomic E-state index is -0.494. The second-order valence-electron chi connectivity index (χ2n) is 5.36. The lowest BCUT2D eigenvalue weighted by Crippen LogP contribution is -2.34. The van der Waals surface area contributed by atoms with Crippen LogP contribution in [-0.4, -0.2) is 30.9 Å². The summed E-state index contributed by atoms with van der Waals surface area (Å²) in [6.07, 6.45) is 2.08. The molecule has 0 heterocycles. The summed E-state index contributed by atoms with van der Waals surface area (Å²) in [5, 5.41) is 13.7. The summed E-state index contributed by atoms with van der Waals surface area (Å²) in [6.45, 7) is 4.08. The van der Waals surface area contributed by atoms with Crippen LogP contribution in [0.3, 0.4) is 0 Å². The van der Waals surface area contributed by atoms with Gasteiger partial charge in [-0.3, -0.25) is 0 Å². The van der Waals surface area contributed by atoms with E-state index in [0.717, 1.165) is 6.54 Å². The number of hydrogen-bond acceptors (Lipinski definition) is 3. The van der Waals surface area contributed by atoms with Gasteiger partial charge in [0.05, 0.1) is 0 Å². The zero-order chi connectivity index (χ0) is 13.0. The molecule has 0 amide bonds. The molecule has 1 aromatic carbocycles. The Labute approximate surface area is 113 Å². The van der Waals surface area contributed by atoms with Gasteiger partial charge in [-0.1, -0.05) is 24.6 Å². The number of hydrogen-bond donors (Lipinski definition) is 2. The first-order valence-electron chi connectivity index (χ1n) is 6.35. The molecule has 1 unspecified atom stereocenters. The van der Waals surface area contributed by atoms with Crippen molar-refractivity contribution < 1.29 is 9.84 Å². The quantitative estimate of drug-likeness (QED) is 0.799. The average molecular weight is 270 g/mol. The lowest BCUT2D eigenvalue weighted by Gasteiger charge is -2.15. The van der Waals surface area contributed by atoms with Gasteiger partial charge in [-0.15, -0.1) is 0 Å². The molecule has 4 heteroatoms. The first kappa shape index (κ1) is 13.7. The van der Waals surface area contributed by atoms with Crippen molar-refractivity contribution in [3.05, 3.63) is 29.3 Å². The van der Waals surface area contributed by atoms with Crippen LogP contribution in [0.5, 0.6) is 5.75 Å². The molecule has 1 aliphatic rings. The van der Waals surface area contributed by atoms with Gasteiger partial charge in [0.1, 0.15) is 18.5 Å². The highest BCUT2D eigenvalue weighted by atomic mass is 35.5. The van der Waals surface area contributed by atoms with Gasteiger partial charge in [-0.05, 0) is 36.5 Å². The molecule has 18 heavy (non-hydrogen) atoms. The Morgan fingerprint density at radius 3 is 2.94 bits per heavy atom. The van der Waals surface area contributed by atoms with E-state index in [2.05, 4.69) is 12.2 Å². The Morgan fingerprint density at radius 1 is 1.50 bits per heavy atom. The molecule has 3 nitrogen and oxygen atoms in total. The van der Waals surface area contributed by atoms with Crippen LogP contribution in [0, 0.1) is 5.41 Å². The number of halogens is 1. The van der Waals surface area contributed by atoms with Gasteiger partial charge in [0.25, 0.3) is 0 Å². The van der Waals surface area contributed by atoms with E-state index in [1.807, 2.05) is 12.1 Å². The molecular weight excluding hydrogens is 250 g/mol. The third-order valence-corrected chi connectivity index (χ3v) is 3.51. The summed E-state index contributed by atoms with van der Waals surface area (Å²) in [5.74, 6) is 0.690. The van der Waals surface area contributed by atoms with E-state index in [4.69, 9.17) is 16.3 Å². The summed E-state index contributed by atoms with van der Waals surface area (Å²) in [6, 6.07) is 7.20. The lowest BCUT2D eigenvalue weighted by molar-refractivity contribution is 0.105. The molecular formula is C14H20ClNO2. The topological polar surface area (TPSA) is 41.5 Å². The van der Waals surface area contributed by atoms with Gasteiger partial charge >= 0.3 is 0 Å². The fourth-order valence-corrected chi connectivity index (χ4v) is 1.92. The average Bonchev–Trinajstić information content (AvgIpc) is 3.05. The predicted octanol–water partition coefficient (Wildman–Crippen LogP) is 2.47. The van der Waals surface area contributed by atoms with E-state index in [1.54, 1.807) is 12.1 Å². The predicted molar refractivity (Wildman–Crippen MR) is 73.2 cm³/mol. The first-order valence-corrected chi connectivity index (χ1v) is 6.72. The van der Waals surface area contributed by atoms with E-state index in [1.165, 1.54) is 12.8 Å². The zero-order valence-corrected chi connectivity index (χ0v) is 11.4.